The average molecular weight is 419 g/mol. The number of nitrogens with one attached hydrogen (secondary N) is 5. The summed E-state index contributed by atoms with van der Waals surface area (Å²) in [4.78, 5) is 37.2. The van der Waals surface area contributed by atoms with E-state index >= 15 is 0 Å². The highest BCUT2D eigenvalue weighted by atomic mass is 16.2. The Morgan fingerprint density at radius 2 is 1.73 bits per heavy atom. The van der Waals surface area contributed by atoms with Crippen molar-refractivity contribution in [3.05, 3.63) is 35.9 Å². The summed E-state index contributed by atoms with van der Waals surface area (Å²) >= 11 is 0. The Balaban J connectivity index is 2.06. The van der Waals surface area contributed by atoms with Crippen LogP contribution in [0, 0.1) is 0 Å². The van der Waals surface area contributed by atoms with Crippen LogP contribution in [-0.2, 0) is 20.8 Å². The highest BCUT2D eigenvalue weighted by molar-refractivity contribution is 5.87. The molecule has 0 aromatic heterocycles. The zero-order valence-electron chi connectivity index (χ0n) is 17.6. The third-order valence-electron chi connectivity index (χ3n) is 5.11. The number of hydrogen-bond donors (Lipinski definition) is 6. The van der Waals surface area contributed by atoms with E-state index in [1.165, 1.54) is 0 Å². The topological polar surface area (TPSA) is 137 Å². The molecule has 9 heteroatoms. The van der Waals surface area contributed by atoms with E-state index in [1.54, 1.807) is 0 Å². The lowest BCUT2D eigenvalue weighted by Gasteiger charge is -2.26. The summed E-state index contributed by atoms with van der Waals surface area (Å²) < 4.78 is 0. The monoisotopic (exact) mass is 418 g/mol. The summed E-state index contributed by atoms with van der Waals surface area (Å²) in [5, 5.41) is 14.8. The predicted molar refractivity (Wildman–Crippen MR) is 116 cm³/mol. The Morgan fingerprint density at radius 3 is 2.47 bits per heavy atom. The number of rotatable bonds is 5. The van der Waals surface area contributed by atoms with E-state index in [1.807, 2.05) is 37.3 Å². The minimum atomic E-state index is -0.507. The van der Waals surface area contributed by atoms with Crippen molar-refractivity contribution in [3.63, 3.8) is 0 Å². The van der Waals surface area contributed by atoms with Crippen LogP contribution < -0.4 is 32.3 Å². The van der Waals surface area contributed by atoms with Crippen LogP contribution in [-0.4, -0.2) is 68.6 Å². The molecule has 3 atom stereocenters. The van der Waals surface area contributed by atoms with E-state index in [4.69, 9.17) is 5.73 Å². The third-order valence-corrected chi connectivity index (χ3v) is 5.11. The maximum atomic E-state index is 12.7. The number of carbonyl (C=O) groups excluding carboxylic acids is 3. The molecule has 166 valence electrons. The Hall–Kier alpha value is -2.49. The van der Waals surface area contributed by atoms with Crippen LogP contribution in [0.5, 0.6) is 0 Å². The van der Waals surface area contributed by atoms with Crippen molar-refractivity contribution in [1.82, 2.24) is 26.6 Å². The van der Waals surface area contributed by atoms with E-state index in [0.29, 0.717) is 32.5 Å². The lowest BCUT2D eigenvalue weighted by Crippen LogP contribution is -2.53. The average Bonchev–Trinajstić information content (AvgIpc) is 2.75. The lowest BCUT2D eigenvalue weighted by molar-refractivity contribution is -0.127. The van der Waals surface area contributed by atoms with E-state index in [2.05, 4.69) is 26.6 Å². The molecule has 3 amide bonds. The van der Waals surface area contributed by atoms with Gasteiger partial charge >= 0.3 is 0 Å². The van der Waals surface area contributed by atoms with Gasteiger partial charge in [-0.2, -0.15) is 0 Å². The molecule has 0 bridgehead atoms. The first-order valence-corrected chi connectivity index (χ1v) is 10.5. The van der Waals surface area contributed by atoms with Gasteiger partial charge in [-0.1, -0.05) is 30.3 Å². The Labute approximate surface area is 177 Å². The second-order valence-corrected chi connectivity index (χ2v) is 7.54. The maximum Gasteiger partial charge on any atom is 0.239 e. The van der Waals surface area contributed by atoms with Crippen molar-refractivity contribution in [3.8, 4) is 0 Å². The molecule has 0 radical (unpaired) electrons. The number of carbonyl (C=O) groups is 3. The second kappa shape index (κ2) is 12.9. The van der Waals surface area contributed by atoms with Crippen molar-refractivity contribution < 1.29 is 14.4 Å². The fourth-order valence-electron chi connectivity index (χ4n) is 3.35. The molecule has 9 nitrogen and oxygen atoms in total. The van der Waals surface area contributed by atoms with Crippen LogP contribution in [0.15, 0.2) is 30.3 Å². The van der Waals surface area contributed by atoms with Crippen molar-refractivity contribution in [2.45, 2.75) is 44.3 Å². The van der Waals surface area contributed by atoms with Crippen molar-refractivity contribution >= 4 is 17.7 Å². The minimum Gasteiger partial charge on any atom is -0.354 e. The van der Waals surface area contributed by atoms with Crippen molar-refractivity contribution in [1.29, 1.82) is 0 Å². The van der Waals surface area contributed by atoms with Gasteiger partial charge in [-0.3, -0.25) is 14.4 Å². The summed E-state index contributed by atoms with van der Waals surface area (Å²) in [6, 6.07) is 8.86. The molecule has 2 rings (SSSR count). The largest absolute Gasteiger partial charge is 0.354 e. The maximum absolute atomic E-state index is 12.7. The molecule has 7 N–H and O–H groups in total. The molecule has 1 heterocycles. The Kier molecular flexibility index (Phi) is 10.3. The highest BCUT2D eigenvalue weighted by Crippen LogP contribution is 2.04. The van der Waals surface area contributed by atoms with Crippen LogP contribution in [0.4, 0.5) is 0 Å². The molecule has 1 saturated heterocycles. The molecule has 3 unspecified atom stereocenters. The number of hydrogen-bond acceptors (Lipinski definition) is 6. The van der Waals surface area contributed by atoms with Crippen LogP contribution in [0.25, 0.3) is 0 Å². The first-order valence-electron chi connectivity index (χ1n) is 10.5. The van der Waals surface area contributed by atoms with Crippen LogP contribution >= 0.6 is 0 Å². The molecular formula is C21H34N6O3. The van der Waals surface area contributed by atoms with Gasteiger partial charge in [-0.05, 0) is 38.3 Å². The van der Waals surface area contributed by atoms with E-state index in [-0.39, 0.29) is 42.9 Å². The number of nitrogens with two attached hydrogens (primary N) is 1. The van der Waals surface area contributed by atoms with E-state index < -0.39 is 6.04 Å². The summed E-state index contributed by atoms with van der Waals surface area (Å²) in [5.74, 6) is -0.650. The SMILES string of the molecule is CC1NCC(=O)NCCNC(Cc2ccccc2)C(=O)NCC(=O)NC1CCCN. The van der Waals surface area contributed by atoms with Crippen molar-refractivity contribution in [2.75, 3.05) is 32.7 Å². The highest BCUT2D eigenvalue weighted by Gasteiger charge is 2.22. The first kappa shape index (κ1) is 23.8. The predicted octanol–water partition coefficient (Wildman–Crippen LogP) is -1.36. The smallest absolute Gasteiger partial charge is 0.239 e. The van der Waals surface area contributed by atoms with E-state index in [9.17, 15) is 14.4 Å². The van der Waals surface area contributed by atoms with Crippen molar-refractivity contribution in [2.24, 2.45) is 5.73 Å². The molecule has 0 saturated carbocycles. The van der Waals surface area contributed by atoms with Gasteiger partial charge in [0.2, 0.25) is 17.7 Å². The van der Waals surface area contributed by atoms with Gasteiger partial charge in [0.1, 0.15) is 0 Å². The zero-order chi connectivity index (χ0) is 21.8. The van der Waals surface area contributed by atoms with Gasteiger partial charge in [0.05, 0.1) is 19.1 Å². The molecule has 1 aromatic carbocycles. The molecule has 1 aliphatic rings. The number of amides is 3. The van der Waals surface area contributed by atoms with Crippen LogP contribution in [0.1, 0.15) is 25.3 Å². The molecule has 1 fully saturated rings. The minimum absolute atomic E-state index is 0.102. The standard InChI is InChI=1S/C21H34N6O3/c1-15-17(8-5-9-22)27-20(29)14-26-21(30)18(12-16-6-3-2-4-7-16)23-10-11-24-19(28)13-25-15/h2-4,6-7,15,17-18,23,25H,5,8-14,22H2,1H3,(H,24,28)(H,26,30)(H,27,29). The van der Waals surface area contributed by atoms with E-state index in [0.717, 1.165) is 12.0 Å². The van der Waals surface area contributed by atoms with Gasteiger partial charge in [0, 0.05) is 25.2 Å². The quantitative estimate of drug-likeness (QED) is 0.349. The third kappa shape index (κ3) is 8.48. The first-order chi connectivity index (χ1) is 14.5. The molecule has 0 spiro atoms. The fraction of sp³-hybridized carbons (Fsp3) is 0.571. The van der Waals surface area contributed by atoms with Gasteiger partial charge < -0.3 is 32.3 Å². The lowest BCUT2D eigenvalue weighted by atomic mass is 10.0. The molecule has 0 aliphatic carbocycles. The van der Waals surface area contributed by atoms with Gasteiger partial charge in [-0.25, -0.2) is 0 Å². The molecule has 30 heavy (non-hydrogen) atoms. The Bertz CT molecular complexity index is 685. The number of benzene rings is 1. The molecular weight excluding hydrogens is 384 g/mol. The second-order valence-electron chi connectivity index (χ2n) is 7.54. The zero-order valence-corrected chi connectivity index (χ0v) is 17.6. The normalized spacial score (nSPS) is 24.7. The summed E-state index contributed by atoms with van der Waals surface area (Å²) in [6.45, 7) is 3.33. The Morgan fingerprint density at radius 1 is 0.967 bits per heavy atom. The van der Waals surface area contributed by atoms with Crippen LogP contribution in [0.2, 0.25) is 0 Å². The molecule has 1 aliphatic heterocycles. The van der Waals surface area contributed by atoms with Gasteiger partial charge in [0.15, 0.2) is 0 Å². The fourth-order valence-corrected chi connectivity index (χ4v) is 3.35. The molecule has 1 aromatic rings. The van der Waals surface area contributed by atoms with Gasteiger partial charge in [-0.15, -0.1) is 0 Å². The summed E-state index contributed by atoms with van der Waals surface area (Å²) in [6.07, 6.45) is 1.92. The summed E-state index contributed by atoms with van der Waals surface area (Å²) in [5.41, 5.74) is 6.62. The van der Waals surface area contributed by atoms with Crippen LogP contribution in [0.3, 0.4) is 0 Å². The van der Waals surface area contributed by atoms with Gasteiger partial charge in [0.25, 0.3) is 0 Å². The summed E-state index contributed by atoms with van der Waals surface area (Å²) in [7, 11) is 0.